The normalized spacial score (nSPS) is 20.0. The average molecular weight is 364 g/mol. The van der Waals surface area contributed by atoms with E-state index in [1.807, 2.05) is 44.2 Å². The maximum Gasteiger partial charge on any atom is 0.259 e. The fourth-order valence-corrected chi connectivity index (χ4v) is 3.67. The Kier molecular flexibility index (Phi) is 4.66. The van der Waals surface area contributed by atoms with Crippen LogP contribution >= 0.6 is 0 Å². The third-order valence-electron chi connectivity index (χ3n) is 5.32. The Hall–Kier alpha value is -2.73. The van der Waals surface area contributed by atoms with Crippen LogP contribution < -0.4 is 11.1 Å². The molecule has 0 atom stereocenters. The van der Waals surface area contributed by atoms with Crippen molar-refractivity contribution in [2.75, 3.05) is 0 Å². The van der Waals surface area contributed by atoms with Crippen LogP contribution in [0.2, 0.25) is 0 Å². The van der Waals surface area contributed by atoms with Gasteiger partial charge in [-0.05, 0) is 45.6 Å². The number of amides is 1. The predicted octanol–water partition coefficient (Wildman–Crippen LogP) is 3.51. The first-order valence-corrected chi connectivity index (χ1v) is 9.42. The van der Waals surface area contributed by atoms with Crippen molar-refractivity contribution in [3.05, 3.63) is 47.2 Å². The van der Waals surface area contributed by atoms with Crippen molar-refractivity contribution in [1.29, 1.82) is 0 Å². The van der Waals surface area contributed by atoms with E-state index in [2.05, 4.69) is 15.5 Å². The van der Waals surface area contributed by atoms with Gasteiger partial charge in [-0.3, -0.25) is 4.79 Å². The molecule has 1 aliphatic rings. The number of hydrogen-bond acceptors (Lipinski definition) is 5. The molecule has 0 bridgehead atoms. The topological polar surface area (TPSA) is 94.0 Å². The van der Waals surface area contributed by atoms with Crippen molar-refractivity contribution < 1.29 is 9.32 Å². The highest BCUT2D eigenvalue weighted by Gasteiger charge is 2.24. The van der Waals surface area contributed by atoms with Crippen LogP contribution in [-0.2, 0) is 0 Å². The van der Waals surface area contributed by atoms with E-state index in [9.17, 15) is 4.79 Å². The molecule has 1 saturated carbocycles. The SMILES string of the molecule is Cc1ccc(-c2cc(C(=O)NC3CCC(N)CC3)c3c(C)noc3n2)cc1. The minimum atomic E-state index is -0.109. The van der Waals surface area contributed by atoms with Gasteiger partial charge in [0.1, 0.15) is 0 Å². The van der Waals surface area contributed by atoms with Gasteiger partial charge in [0.2, 0.25) is 0 Å². The second kappa shape index (κ2) is 7.12. The maximum atomic E-state index is 13.1. The molecule has 3 aromatic rings. The van der Waals surface area contributed by atoms with E-state index in [0.717, 1.165) is 31.2 Å². The quantitative estimate of drug-likeness (QED) is 0.742. The fourth-order valence-electron chi connectivity index (χ4n) is 3.67. The number of aryl methyl sites for hydroxylation is 2. The van der Waals surface area contributed by atoms with Gasteiger partial charge >= 0.3 is 0 Å². The second-order valence-corrected chi connectivity index (χ2v) is 7.45. The molecule has 3 N–H and O–H groups in total. The zero-order chi connectivity index (χ0) is 19.0. The minimum Gasteiger partial charge on any atom is -0.349 e. The van der Waals surface area contributed by atoms with Crippen LogP contribution in [0, 0.1) is 13.8 Å². The number of carbonyl (C=O) groups excluding carboxylic acids is 1. The van der Waals surface area contributed by atoms with Crippen LogP contribution in [0.5, 0.6) is 0 Å². The molecule has 0 aliphatic heterocycles. The van der Waals surface area contributed by atoms with Gasteiger partial charge < -0.3 is 15.6 Å². The molecule has 0 radical (unpaired) electrons. The number of aromatic nitrogens is 2. The molecular formula is C21H24N4O2. The molecule has 2 heterocycles. The number of nitrogens with zero attached hydrogens (tertiary/aromatic N) is 2. The Morgan fingerprint density at radius 3 is 2.56 bits per heavy atom. The molecule has 6 nitrogen and oxygen atoms in total. The molecule has 4 rings (SSSR count). The van der Waals surface area contributed by atoms with Crippen LogP contribution in [0.25, 0.3) is 22.4 Å². The summed E-state index contributed by atoms with van der Waals surface area (Å²) < 4.78 is 5.37. The highest BCUT2D eigenvalue weighted by atomic mass is 16.5. The average Bonchev–Trinajstić information content (AvgIpc) is 3.04. The van der Waals surface area contributed by atoms with Crippen LogP contribution in [0.3, 0.4) is 0 Å². The number of fused-ring (bicyclic) bond motifs is 1. The molecule has 1 aromatic carbocycles. The van der Waals surface area contributed by atoms with Crippen LogP contribution in [-0.4, -0.2) is 28.1 Å². The summed E-state index contributed by atoms with van der Waals surface area (Å²) in [6.07, 6.45) is 3.71. The Labute approximate surface area is 158 Å². The minimum absolute atomic E-state index is 0.109. The summed E-state index contributed by atoms with van der Waals surface area (Å²) in [5.74, 6) is -0.109. The summed E-state index contributed by atoms with van der Waals surface area (Å²) in [5, 5.41) is 7.85. The van der Waals surface area contributed by atoms with Gasteiger partial charge in [-0.1, -0.05) is 35.0 Å². The number of rotatable bonds is 3. The van der Waals surface area contributed by atoms with Crippen molar-refractivity contribution in [2.45, 2.75) is 51.6 Å². The van der Waals surface area contributed by atoms with Crippen LogP contribution in [0.1, 0.15) is 47.3 Å². The van der Waals surface area contributed by atoms with Gasteiger partial charge in [-0.15, -0.1) is 0 Å². The summed E-state index contributed by atoms with van der Waals surface area (Å²) in [5.41, 5.74) is 10.4. The number of carbonyl (C=O) groups is 1. The maximum absolute atomic E-state index is 13.1. The lowest BCUT2D eigenvalue weighted by molar-refractivity contribution is 0.0927. The molecule has 140 valence electrons. The molecule has 0 unspecified atom stereocenters. The van der Waals surface area contributed by atoms with Crippen molar-refractivity contribution >= 4 is 17.0 Å². The largest absolute Gasteiger partial charge is 0.349 e. The molecular weight excluding hydrogens is 340 g/mol. The zero-order valence-electron chi connectivity index (χ0n) is 15.7. The fraction of sp³-hybridized carbons (Fsp3) is 0.381. The smallest absolute Gasteiger partial charge is 0.259 e. The number of pyridine rings is 1. The summed E-state index contributed by atoms with van der Waals surface area (Å²) in [7, 11) is 0. The van der Waals surface area contributed by atoms with E-state index < -0.39 is 0 Å². The Morgan fingerprint density at radius 1 is 1.15 bits per heavy atom. The highest BCUT2D eigenvalue weighted by Crippen LogP contribution is 2.28. The standard InChI is InChI=1S/C21H24N4O2/c1-12-3-5-14(6-4-12)18-11-17(19-13(2)25-27-21(19)24-18)20(26)23-16-9-7-15(22)8-10-16/h3-6,11,15-16H,7-10,22H2,1-2H3,(H,23,26). The van der Waals surface area contributed by atoms with Gasteiger partial charge in [-0.2, -0.15) is 0 Å². The Bertz CT molecular complexity index is 970. The third kappa shape index (κ3) is 3.57. The molecule has 2 aromatic heterocycles. The first kappa shape index (κ1) is 17.7. The van der Waals surface area contributed by atoms with Crippen LogP contribution in [0.15, 0.2) is 34.9 Å². The van der Waals surface area contributed by atoms with E-state index in [1.165, 1.54) is 5.56 Å². The lowest BCUT2D eigenvalue weighted by atomic mass is 9.91. The number of nitrogens with two attached hydrogens (primary N) is 1. The Morgan fingerprint density at radius 2 is 1.85 bits per heavy atom. The van der Waals surface area contributed by atoms with E-state index in [-0.39, 0.29) is 18.0 Å². The number of hydrogen-bond donors (Lipinski definition) is 2. The highest BCUT2D eigenvalue weighted by molar-refractivity contribution is 6.07. The molecule has 27 heavy (non-hydrogen) atoms. The second-order valence-electron chi connectivity index (χ2n) is 7.45. The molecule has 0 spiro atoms. The van der Waals surface area contributed by atoms with E-state index in [4.69, 9.17) is 10.3 Å². The molecule has 1 fully saturated rings. The van der Waals surface area contributed by atoms with Crippen molar-refractivity contribution in [2.24, 2.45) is 5.73 Å². The molecule has 0 saturated heterocycles. The van der Waals surface area contributed by atoms with Gasteiger partial charge in [0.05, 0.1) is 22.3 Å². The third-order valence-corrected chi connectivity index (χ3v) is 5.32. The van der Waals surface area contributed by atoms with E-state index >= 15 is 0 Å². The van der Waals surface area contributed by atoms with E-state index in [0.29, 0.717) is 28.1 Å². The van der Waals surface area contributed by atoms with Gasteiger partial charge in [0.25, 0.3) is 11.6 Å². The predicted molar refractivity (Wildman–Crippen MR) is 104 cm³/mol. The van der Waals surface area contributed by atoms with Gasteiger partial charge in [0, 0.05) is 17.6 Å². The van der Waals surface area contributed by atoms with Crippen molar-refractivity contribution in [3.8, 4) is 11.3 Å². The summed E-state index contributed by atoms with van der Waals surface area (Å²) in [6.45, 7) is 3.87. The molecule has 1 amide bonds. The first-order chi connectivity index (χ1) is 13.0. The summed E-state index contributed by atoms with van der Waals surface area (Å²) >= 11 is 0. The lowest BCUT2D eigenvalue weighted by Crippen LogP contribution is -2.40. The lowest BCUT2D eigenvalue weighted by Gasteiger charge is -2.26. The van der Waals surface area contributed by atoms with Gasteiger partial charge in [-0.25, -0.2) is 4.98 Å². The zero-order valence-corrected chi connectivity index (χ0v) is 15.7. The first-order valence-electron chi connectivity index (χ1n) is 9.42. The number of benzene rings is 1. The Balaban J connectivity index is 1.70. The summed E-state index contributed by atoms with van der Waals surface area (Å²) in [4.78, 5) is 17.6. The van der Waals surface area contributed by atoms with Crippen molar-refractivity contribution in [3.63, 3.8) is 0 Å². The monoisotopic (exact) mass is 364 g/mol. The molecule has 6 heteroatoms. The van der Waals surface area contributed by atoms with Gasteiger partial charge in [0.15, 0.2) is 0 Å². The van der Waals surface area contributed by atoms with E-state index in [1.54, 1.807) is 0 Å². The van der Waals surface area contributed by atoms with Crippen LogP contribution in [0.4, 0.5) is 0 Å². The van der Waals surface area contributed by atoms with Crippen molar-refractivity contribution in [1.82, 2.24) is 15.5 Å². The number of nitrogens with one attached hydrogen (secondary N) is 1. The molecule has 1 aliphatic carbocycles. The summed E-state index contributed by atoms with van der Waals surface area (Å²) in [6, 6.07) is 10.3.